The van der Waals surface area contributed by atoms with Crippen LogP contribution in [0.4, 0.5) is 5.69 Å². The fourth-order valence-corrected chi connectivity index (χ4v) is 3.96. The maximum absolute atomic E-state index is 13.1. The maximum atomic E-state index is 13.1. The van der Waals surface area contributed by atoms with Crippen LogP contribution in [0.15, 0.2) is 36.4 Å². The lowest BCUT2D eigenvalue weighted by molar-refractivity contribution is -0.143. The molecule has 0 spiro atoms. The highest BCUT2D eigenvalue weighted by Crippen LogP contribution is 2.37. The van der Waals surface area contributed by atoms with Gasteiger partial charge in [-0.15, -0.1) is 0 Å². The van der Waals surface area contributed by atoms with Crippen LogP contribution in [-0.2, 0) is 9.53 Å². The van der Waals surface area contributed by atoms with Gasteiger partial charge in [-0.25, -0.2) is 0 Å². The predicted octanol–water partition coefficient (Wildman–Crippen LogP) is 5.16. The molecule has 0 heterocycles. The maximum Gasteiger partial charge on any atom is 0.256 e. The first-order chi connectivity index (χ1) is 12.4. The summed E-state index contributed by atoms with van der Waals surface area (Å²) in [5.41, 5.74) is 0.0719. The number of ether oxygens (including phenoxy) is 2. The number of fused-ring (bicyclic) bond motifs is 1. The molecular weight excluding hydrogens is 326 g/mol. The molecule has 0 saturated heterocycles. The van der Waals surface area contributed by atoms with E-state index >= 15 is 0 Å². The predicted molar refractivity (Wildman–Crippen MR) is 106 cm³/mol. The van der Waals surface area contributed by atoms with Crippen molar-refractivity contribution in [3.8, 4) is 5.75 Å². The van der Waals surface area contributed by atoms with E-state index in [4.69, 9.17) is 9.47 Å². The highest BCUT2D eigenvalue weighted by Gasteiger charge is 2.42. The second-order valence-corrected chi connectivity index (χ2v) is 7.68. The average molecular weight is 355 g/mol. The largest absolute Gasteiger partial charge is 0.490 e. The Kier molecular flexibility index (Phi) is 5.52. The zero-order valence-corrected chi connectivity index (χ0v) is 16.2. The molecule has 1 N–H and O–H groups in total. The molecule has 3 rings (SSSR count). The number of methoxy groups -OCH3 is 1. The van der Waals surface area contributed by atoms with Crippen LogP contribution in [0.25, 0.3) is 10.8 Å². The topological polar surface area (TPSA) is 47.6 Å². The van der Waals surface area contributed by atoms with Crippen molar-refractivity contribution in [2.75, 3.05) is 12.4 Å². The highest BCUT2D eigenvalue weighted by atomic mass is 16.5. The first-order valence-corrected chi connectivity index (χ1v) is 9.50. The van der Waals surface area contributed by atoms with Crippen molar-refractivity contribution in [2.24, 2.45) is 5.92 Å². The SMILES string of the molecule is CO[C@]1(C(=O)Nc2ccc(OC(C)C)c3ccccc23)CCC[C@@H](C)C1. The number of benzene rings is 2. The molecule has 1 amide bonds. The van der Waals surface area contributed by atoms with E-state index in [0.717, 1.165) is 47.9 Å². The highest BCUT2D eigenvalue weighted by molar-refractivity contribution is 6.06. The third kappa shape index (κ3) is 3.70. The van der Waals surface area contributed by atoms with Gasteiger partial charge in [-0.3, -0.25) is 4.79 Å². The molecule has 0 aliphatic heterocycles. The lowest BCUT2D eigenvalue weighted by Gasteiger charge is -2.37. The summed E-state index contributed by atoms with van der Waals surface area (Å²) in [5, 5.41) is 5.11. The Morgan fingerprint density at radius 1 is 1.19 bits per heavy atom. The van der Waals surface area contributed by atoms with Gasteiger partial charge in [-0.1, -0.05) is 37.6 Å². The Hall–Kier alpha value is -2.07. The standard InChI is InChI=1S/C22H29NO3/c1-15(2)26-20-12-11-19(17-9-5-6-10-18(17)20)23-21(24)22(25-4)13-7-8-16(3)14-22/h5-6,9-12,15-16H,7-8,13-14H2,1-4H3,(H,23,24)/t16-,22-/m1/s1. The minimum absolute atomic E-state index is 0.0470. The van der Waals surface area contributed by atoms with Crippen LogP contribution in [-0.4, -0.2) is 24.7 Å². The monoisotopic (exact) mass is 355 g/mol. The van der Waals surface area contributed by atoms with Gasteiger partial charge >= 0.3 is 0 Å². The van der Waals surface area contributed by atoms with Crippen LogP contribution in [0.2, 0.25) is 0 Å². The van der Waals surface area contributed by atoms with Gasteiger partial charge in [-0.05, 0) is 51.2 Å². The number of anilines is 1. The Bertz CT molecular complexity index is 786. The Labute approximate surface area is 155 Å². The summed E-state index contributed by atoms with van der Waals surface area (Å²) in [6.07, 6.45) is 3.81. The summed E-state index contributed by atoms with van der Waals surface area (Å²) >= 11 is 0. The fourth-order valence-electron chi connectivity index (χ4n) is 3.96. The van der Waals surface area contributed by atoms with Crippen LogP contribution in [0, 0.1) is 5.92 Å². The van der Waals surface area contributed by atoms with E-state index in [0.29, 0.717) is 5.92 Å². The molecule has 2 atom stereocenters. The number of amides is 1. The molecule has 4 nitrogen and oxygen atoms in total. The van der Waals surface area contributed by atoms with Crippen LogP contribution in [0.1, 0.15) is 46.5 Å². The van der Waals surface area contributed by atoms with Gasteiger partial charge in [0.1, 0.15) is 11.4 Å². The molecule has 1 saturated carbocycles. The average Bonchev–Trinajstić information content (AvgIpc) is 2.63. The number of carbonyl (C=O) groups is 1. The van der Waals surface area contributed by atoms with E-state index in [-0.39, 0.29) is 12.0 Å². The Balaban J connectivity index is 1.92. The lowest BCUT2D eigenvalue weighted by atomic mass is 9.78. The van der Waals surface area contributed by atoms with Crippen molar-refractivity contribution in [3.63, 3.8) is 0 Å². The van der Waals surface area contributed by atoms with Crippen LogP contribution in [0.5, 0.6) is 5.75 Å². The van der Waals surface area contributed by atoms with E-state index < -0.39 is 5.60 Å². The quantitative estimate of drug-likeness (QED) is 0.806. The molecule has 0 bridgehead atoms. The summed E-state index contributed by atoms with van der Waals surface area (Å²) < 4.78 is 11.7. The molecule has 1 aliphatic rings. The first kappa shape index (κ1) is 18.7. The minimum atomic E-state index is -0.730. The minimum Gasteiger partial charge on any atom is -0.490 e. The second kappa shape index (κ2) is 7.67. The van der Waals surface area contributed by atoms with Gasteiger partial charge in [0.2, 0.25) is 0 Å². The summed E-state index contributed by atoms with van der Waals surface area (Å²) in [5.74, 6) is 1.28. The first-order valence-electron chi connectivity index (χ1n) is 9.50. The third-order valence-corrected chi connectivity index (χ3v) is 5.26. The van der Waals surface area contributed by atoms with Crippen molar-refractivity contribution < 1.29 is 14.3 Å². The zero-order valence-electron chi connectivity index (χ0n) is 16.2. The molecular formula is C22H29NO3. The van der Waals surface area contributed by atoms with Gasteiger partial charge in [0.05, 0.1) is 6.10 Å². The molecule has 4 heteroatoms. The van der Waals surface area contributed by atoms with Gasteiger partial charge in [0.15, 0.2) is 0 Å². The van der Waals surface area contributed by atoms with Crippen molar-refractivity contribution in [2.45, 2.75) is 58.2 Å². The third-order valence-electron chi connectivity index (χ3n) is 5.26. The van der Waals surface area contributed by atoms with Gasteiger partial charge in [-0.2, -0.15) is 0 Å². The van der Waals surface area contributed by atoms with Crippen molar-refractivity contribution in [1.29, 1.82) is 0 Å². The van der Waals surface area contributed by atoms with Crippen molar-refractivity contribution in [1.82, 2.24) is 0 Å². The van der Waals surface area contributed by atoms with E-state index in [1.807, 2.05) is 50.2 Å². The smallest absolute Gasteiger partial charge is 0.256 e. The molecule has 1 aliphatic carbocycles. The van der Waals surface area contributed by atoms with Gasteiger partial charge in [0, 0.05) is 23.6 Å². The molecule has 1 fully saturated rings. The number of rotatable bonds is 5. The second-order valence-electron chi connectivity index (χ2n) is 7.68. The molecule has 0 aromatic heterocycles. The molecule has 2 aromatic carbocycles. The molecule has 2 aromatic rings. The summed E-state index contributed by atoms with van der Waals surface area (Å²) in [7, 11) is 1.65. The summed E-state index contributed by atoms with van der Waals surface area (Å²) in [4.78, 5) is 13.1. The molecule has 26 heavy (non-hydrogen) atoms. The molecule has 140 valence electrons. The van der Waals surface area contributed by atoms with Crippen LogP contribution in [0.3, 0.4) is 0 Å². The van der Waals surface area contributed by atoms with E-state index in [9.17, 15) is 4.79 Å². The van der Waals surface area contributed by atoms with E-state index in [1.165, 1.54) is 0 Å². The molecule has 0 unspecified atom stereocenters. The number of hydrogen-bond acceptors (Lipinski definition) is 3. The number of nitrogens with one attached hydrogen (secondary N) is 1. The van der Waals surface area contributed by atoms with Gasteiger partial charge in [0.25, 0.3) is 5.91 Å². The van der Waals surface area contributed by atoms with E-state index in [2.05, 4.69) is 12.2 Å². The summed E-state index contributed by atoms with van der Waals surface area (Å²) in [6, 6.07) is 11.9. The Morgan fingerprint density at radius 3 is 2.58 bits per heavy atom. The molecule has 0 radical (unpaired) electrons. The number of hydrogen-bond donors (Lipinski definition) is 1. The van der Waals surface area contributed by atoms with Gasteiger partial charge < -0.3 is 14.8 Å². The normalized spacial score (nSPS) is 23.2. The van der Waals surface area contributed by atoms with E-state index in [1.54, 1.807) is 7.11 Å². The lowest BCUT2D eigenvalue weighted by Crippen LogP contribution is -2.47. The summed E-state index contributed by atoms with van der Waals surface area (Å²) in [6.45, 7) is 6.21. The van der Waals surface area contributed by atoms with Crippen LogP contribution >= 0.6 is 0 Å². The van der Waals surface area contributed by atoms with Crippen molar-refractivity contribution >= 4 is 22.4 Å². The fraction of sp³-hybridized carbons (Fsp3) is 0.500. The number of carbonyl (C=O) groups excluding carboxylic acids is 1. The Morgan fingerprint density at radius 2 is 1.92 bits per heavy atom. The van der Waals surface area contributed by atoms with Crippen LogP contribution < -0.4 is 10.1 Å². The van der Waals surface area contributed by atoms with Crippen molar-refractivity contribution in [3.05, 3.63) is 36.4 Å². The zero-order chi connectivity index (χ0) is 18.7.